The number of hydrogen-bond donors (Lipinski definition) is 0. The number of ether oxygens (including phenoxy) is 2. The van der Waals surface area contributed by atoms with E-state index in [1.54, 1.807) is 26.3 Å². The molecule has 2 aromatic rings. The Hall–Kier alpha value is -2.34. The van der Waals surface area contributed by atoms with Crippen LogP contribution in [0.1, 0.15) is 33.3 Å². The zero-order valence-electron chi connectivity index (χ0n) is 16.1. The molecule has 26 heavy (non-hydrogen) atoms. The van der Waals surface area contributed by atoms with E-state index in [1.807, 2.05) is 45.9 Å². The average Bonchev–Trinajstić information content (AvgIpc) is 2.83. The fourth-order valence-corrected chi connectivity index (χ4v) is 3.27. The Morgan fingerprint density at radius 1 is 1.27 bits per heavy atom. The third-order valence-electron chi connectivity index (χ3n) is 3.84. The zero-order valence-corrected chi connectivity index (χ0v) is 16.9. The summed E-state index contributed by atoms with van der Waals surface area (Å²) < 4.78 is 13.6. The molecule has 6 heteroatoms. The van der Waals surface area contributed by atoms with Gasteiger partial charge >= 0.3 is 0 Å². The molecule has 0 fully saturated rings. The minimum absolute atomic E-state index is 0.0105. The highest BCUT2D eigenvalue weighted by Gasteiger charge is 2.19. The summed E-state index contributed by atoms with van der Waals surface area (Å²) in [6, 6.07) is 5.52. The van der Waals surface area contributed by atoms with Crippen molar-refractivity contribution in [1.29, 1.82) is 0 Å². The largest absolute Gasteiger partial charge is 0.493 e. The molecule has 2 rings (SSSR count). The molecule has 0 amide bonds. The minimum atomic E-state index is -0.480. The van der Waals surface area contributed by atoms with Crippen LogP contribution >= 0.6 is 11.3 Å². The van der Waals surface area contributed by atoms with E-state index in [0.29, 0.717) is 27.3 Å². The van der Waals surface area contributed by atoms with Crippen molar-refractivity contribution in [1.82, 2.24) is 4.57 Å². The molecule has 1 aromatic carbocycles. The van der Waals surface area contributed by atoms with Gasteiger partial charge in [-0.1, -0.05) is 26.8 Å². The first kappa shape index (κ1) is 20.0. The Bertz CT molecular complexity index is 977. The standard InChI is InChI=1S/C20H25NO4S/c1-7-25-14-9-8-13(10-15(14)24-6)11-16-19(23)21(5)18(26-16)12-17(22)20(2,3)4/h8-12H,7H2,1-6H3/b16-11+,18-12+. The second-order valence-corrected chi connectivity index (χ2v) is 7.98. The third kappa shape index (κ3) is 4.43. The molecule has 0 aliphatic rings. The Morgan fingerprint density at radius 3 is 2.54 bits per heavy atom. The van der Waals surface area contributed by atoms with Gasteiger partial charge in [0, 0.05) is 18.5 Å². The van der Waals surface area contributed by atoms with Gasteiger partial charge < -0.3 is 14.0 Å². The van der Waals surface area contributed by atoms with Gasteiger partial charge in [-0.05, 0) is 30.7 Å². The summed E-state index contributed by atoms with van der Waals surface area (Å²) in [4.78, 5) is 24.7. The van der Waals surface area contributed by atoms with Crippen molar-refractivity contribution in [3.05, 3.63) is 43.3 Å². The average molecular weight is 375 g/mol. The lowest BCUT2D eigenvalue weighted by molar-refractivity contribution is -0.120. The lowest BCUT2D eigenvalue weighted by atomic mass is 9.91. The van der Waals surface area contributed by atoms with E-state index >= 15 is 0 Å². The predicted molar refractivity (Wildman–Crippen MR) is 105 cm³/mol. The molecule has 0 aliphatic carbocycles. The maximum atomic E-state index is 12.5. The summed E-state index contributed by atoms with van der Waals surface area (Å²) in [6.07, 6.45) is 3.34. The van der Waals surface area contributed by atoms with E-state index < -0.39 is 5.41 Å². The third-order valence-corrected chi connectivity index (χ3v) is 4.95. The summed E-state index contributed by atoms with van der Waals surface area (Å²) in [5.74, 6) is 1.27. The van der Waals surface area contributed by atoms with Gasteiger partial charge in [-0.25, -0.2) is 0 Å². The Balaban J connectivity index is 2.54. The fraction of sp³-hybridized carbons (Fsp3) is 0.400. The molecule has 0 bridgehead atoms. The summed E-state index contributed by atoms with van der Waals surface area (Å²) in [5.41, 5.74) is 0.223. The van der Waals surface area contributed by atoms with Crippen molar-refractivity contribution in [2.45, 2.75) is 27.7 Å². The van der Waals surface area contributed by atoms with Gasteiger partial charge in [0.25, 0.3) is 5.56 Å². The zero-order chi connectivity index (χ0) is 19.5. The SMILES string of the molecule is CCOc1ccc(/C=c2/s/c(=C/C(=O)C(C)(C)C)n(C)c2=O)cc1OC. The second kappa shape index (κ2) is 7.91. The van der Waals surface area contributed by atoms with Gasteiger partial charge in [0.2, 0.25) is 0 Å². The topological polar surface area (TPSA) is 57.5 Å². The predicted octanol–water partition coefficient (Wildman–Crippen LogP) is 2.08. The van der Waals surface area contributed by atoms with E-state index in [2.05, 4.69) is 0 Å². The molecule has 0 saturated heterocycles. The van der Waals surface area contributed by atoms with Crippen LogP contribution in [0.5, 0.6) is 11.5 Å². The van der Waals surface area contributed by atoms with Crippen molar-refractivity contribution in [2.24, 2.45) is 12.5 Å². The van der Waals surface area contributed by atoms with E-state index in [9.17, 15) is 9.59 Å². The van der Waals surface area contributed by atoms with Crippen LogP contribution in [0.15, 0.2) is 23.0 Å². The van der Waals surface area contributed by atoms with Crippen molar-refractivity contribution in [2.75, 3.05) is 13.7 Å². The maximum absolute atomic E-state index is 12.5. The molecular weight excluding hydrogens is 350 g/mol. The summed E-state index contributed by atoms with van der Waals surface area (Å²) in [6.45, 7) is 8.03. The quantitative estimate of drug-likeness (QED) is 0.803. The van der Waals surface area contributed by atoms with Crippen LogP contribution < -0.4 is 24.2 Å². The number of nitrogens with zero attached hydrogens (tertiary/aromatic N) is 1. The molecule has 0 radical (unpaired) electrons. The van der Waals surface area contributed by atoms with Crippen LogP contribution in [0, 0.1) is 5.41 Å². The van der Waals surface area contributed by atoms with Gasteiger partial charge in [-0.3, -0.25) is 9.59 Å². The first-order valence-electron chi connectivity index (χ1n) is 8.42. The smallest absolute Gasteiger partial charge is 0.268 e. The lowest BCUT2D eigenvalue weighted by Gasteiger charge is -2.12. The van der Waals surface area contributed by atoms with Gasteiger partial charge in [0.1, 0.15) is 4.66 Å². The summed E-state index contributed by atoms with van der Waals surface area (Å²) in [7, 11) is 3.26. The highest BCUT2D eigenvalue weighted by Crippen LogP contribution is 2.28. The number of aromatic nitrogens is 1. The number of carbonyl (C=O) groups is 1. The van der Waals surface area contributed by atoms with E-state index in [-0.39, 0.29) is 11.3 Å². The van der Waals surface area contributed by atoms with Crippen molar-refractivity contribution in [3.63, 3.8) is 0 Å². The summed E-state index contributed by atoms with van der Waals surface area (Å²) in [5, 5.41) is 0. The van der Waals surface area contributed by atoms with Gasteiger partial charge in [-0.15, -0.1) is 11.3 Å². The molecule has 0 spiro atoms. The van der Waals surface area contributed by atoms with E-state index in [1.165, 1.54) is 15.9 Å². The van der Waals surface area contributed by atoms with Crippen molar-refractivity contribution < 1.29 is 14.3 Å². The number of ketones is 1. The molecule has 1 aromatic heterocycles. The van der Waals surface area contributed by atoms with E-state index in [4.69, 9.17) is 9.47 Å². The molecule has 0 N–H and O–H groups in total. The van der Waals surface area contributed by atoms with E-state index in [0.717, 1.165) is 5.56 Å². The molecule has 0 saturated carbocycles. The van der Waals surface area contributed by atoms with Crippen LogP contribution in [-0.4, -0.2) is 24.1 Å². The molecule has 0 atom stereocenters. The lowest BCUT2D eigenvalue weighted by Crippen LogP contribution is -2.30. The fourth-order valence-electron chi connectivity index (χ4n) is 2.24. The molecule has 0 aliphatic heterocycles. The van der Waals surface area contributed by atoms with Gasteiger partial charge in [0.05, 0.1) is 18.2 Å². The van der Waals surface area contributed by atoms with Crippen LogP contribution in [0.25, 0.3) is 12.2 Å². The Labute approximate surface area is 157 Å². The first-order valence-corrected chi connectivity index (χ1v) is 9.23. The minimum Gasteiger partial charge on any atom is -0.493 e. The van der Waals surface area contributed by atoms with Crippen LogP contribution in [0.2, 0.25) is 0 Å². The van der Waals surface area contributed by atoms with Crippen molar-refractivity contribution in [3.8, 4) is 11.5 Å². The number of Topliss-reactive ketones (excluding diaryl/α,β-unsaturated/α-hetero) is 1. The number of rotatable bonds is 5. The molecular formula is C20H25NO4S. The molecule has 1 heterocycles. The van der Waals surface area contributed by atoms with Crippen LogP contribution in [0.3, 0.4) is 0 Å². The highest BCUT2D eigenvalue weighted by atomic mass is 32.1. The maximum Gasteiger partial charge on any atom is 0.268 e. The summed E-state index contributed by atoms with van der Waals surface area (Å²) >= 11 is 1.30. The van der Waals surface area contributed by atoms with Gasteiger partial charge in [0.15, 0.2) is 17.3 Å². The van der Waals surface area contributed by atoms with Crippen molar-refractivity contribution >= 4 is 29.3 Å². The first-order chi connectivity index (χ1) is 12.2. The number of thiazole rings is 1. The number of methoxy groups -OCH3 is 1. The Morgan fingerprint density at radius 2 is 1.96 bits per heavy atom. The molecule has 0 unspecified atom stereocenters. The number of benzene rings is 1. The molecule has 5 nitrogen and oxygen atoms in total. The highest BCUT2D eigenvalue weighted by molar-refractivity contribution is 7.07. The molecule has 140 valence electrons. The van der Waals surface area contributed by atoms with Crippen LogP contribution in [0.4, 0.5) is 0 Å². The second-order valence-electron chi connectivity index (χ2n) is 6.91. The van der Waals surface area contributed by atoms with Gasteiger partial charge in [-0.2, -0.15) is 0 Å². The van der Waals surface area contributed by atoms with Crippen LogP contribution in [-0.2, 0) is 11.8 Å². The normalized spacial score (nSPS) is 13.2. The number of carbonyl (C=O) groups excluding carboxylic acids is 1. The monoisotopic (exact) mass is 375 g/mol. The number of hydrogen-bond acceptors (Lipinski definition) is 5. The Kier molecular flexibility index (Phi) is 6.08.